The van der Waals surface area contributed by atoms with Crippen molar-refractivity contribution in [3.8, 4) is 0 Å². The van der Waals surface area contributed by atoms with Crippen molar-refractivity contribution >= 4 is 28.5 Å². The predicted molar refractivity (Wildman–Crippen MR) is 64.9 cm³/mol. The molecule has 3 heteroatoms. The van der Waals surface area contributed by atoms with Crippen molar-refractivity contribution in [1.29, 1.82) is 0 Å². The highest BCUT2D eigenvalue weighted by Crippen LogP contribution is 2.30. The average molecular weight is 301 g/mol. The normalized spacial score (nSPS) is 24.4. The summed E-state index contributed by atoms with van der Waals surface area (Å²) in [5.74, 6) is 0.0623. The molecule has 1 fully saturated rings. The first-order valence-corrected chi connectivity index (χ1v) is 5.93. The van der Waals surface area contributed by atoms with Crippen molar-refractivity contribution in [3.05, 3.63) is 35.4 Å². The van der Waals surface area contributed by atoms with E-state index < -0.39 is 0 Å². The molecule has 0 aliphatic heterocycles. The zero-order valence-corrected chi connectivity index (χ0v) is 10.1. The topological polar surface area (TPSA) is 29.1 Å². The number of rotatable bonds is 2. The van der Waals surface area contributed by atoms with E-state index in [0.717, 1.165) is 17.5 Å². The molecule has 1 aromatic carbocycles. The molecule has 0 aromatic heterocycles. The average Bonchev–Trinajstić information content (AvgIpc) is 2.82. The number of hydrogen-bond acceptors (Lipinski definition) is 1. The lowest BCUT2D eigenvalue weighted by Crippen LogP contribution is -2.27. The van der Waals surface area contributed by atoms with Crippen molar-refractivity contribution in [2.24, 2.45) is 0 Å². The van der Waals surface area contributed by atoms with E-state index in [1.807, 2.05) is 31.2 Å². The first-order valence-electron chi connectivity index (χ1n) is 4.69. The molecule has 0 bridgehead atoms. The van der Waals surface area contributed by atoms with Crippen LogP contribution < -0.4 is 5.32 Å². The van der Waals surface area contributed by atoms with Gasteiger partial charge in [0.15, 0.2) is 0 Å². The fraction of sp³-hybridized carbons (Fsp3) is 0.364. The van der Waals surface area contributed by atoms with Crippen LogP contribution in [-0.2, 0) is 0 Å². The summed E-state index contributed by atoms with van der Waals surface area (Å²) >= 11 is 2.36. The molecule has 1 amide bonds. The second kappa shape index (κ2) is 3.88. The highest BCUT2D eigenvalue weighted by molar-refractivity contribution is 14.1. The molecule has 2 atom stereocenters. The minimum Gasteiger partial charge on any atom is -0.348 e. The van der Waals surface area contributed by atoms with Crippen LogP contribution in [-0.4, -0.2) is 15.9 Å². The third kappa shape index (κ3) is 2.08. The Balaban J connectivity index is 2.07. The van der Waals surface area contributed by atoms with Crippen LogP contribution in [0.1, 0.15) is 22.3 Å². The molecule has 0 radical (unpaired) electrons. The molecule has 0 saturated heterocycles. The lowest BCUT2D eigenvalue weighted by Gasteiger charge is -2.05. The molecular formula is C11H12INO. The molecule has 1 aromatic rings. The summed E-state index contributed by atoms with van der Waals surface area (Å²) in [7, 11) is 0. The molecule has 14 heavy (non-hydrogen) atoms. The maximum Gasteiger partial charge on any atom is 0.251 e. The van der Waals surface area contributed by atoms with Crippen LogP contribution in [0, 0.1) is 6.92 Å². The minimum absolute atomic E-state index is 0.0623. The van der Waals surface area contributed by atoms with Gasteiger partial charge in [0.1, 0.15) is 0 Å². The number of benzene rings is 1. The minimum atomic E-state index is 0.0623. The maximum absolute atomic E-state index is 11.7. The zero-order chi connectivity index (χ0) is 10.1. The summed E-state index contributed by atoms with van der Waals surface area (Å²) in [5.41, 5.74) is 1.83. The highest BCUT2D eigenvalue weighted by Gasteiger charge is 2.35. The lowest BCUT2D eigenvalue weighted by molar-refractivity contribution is 0.0951. The number of amides is 1. The van der Waals surface area contributed by atoms with Gasteiger partial charge in [-0.15, -0.1) is 0 Å². The van der Waals surface area contributed by atoms with Crippen LogP contribution in [0.15, 0.2) is 24.3 Å². The number of alkyl halides is 1. The molecule has 0 spiro atoms. The number of nitrogens with one attached hydrogen (secondary N) is 1. The van der Waals surface area contributed by atoms with Crippen LogP contribution in [0.4, 0.5) is 0 Å². The summed E-state index contributed by atoms with van der Waals surface area (Å²) in [5, 5.41) is 3.01. The number of carbonyl (C=O) groups excluding carboxylic acids is 1. The third-order valence-electron chi connectivity index (χ3n) is 2.42. The zero-order valence-electron chi connectivity index (χ0n) is 7.96. The Hall–Kier alpha value is -0.580. The number of halogens is 1. The van der Waals surface area contributed by atoms with E-state index in [1.165, 1.54) is 0 Å². The molecule has 0 heterocycles. The quantitative estimate of drug-likeness (QED) is 0.659. The number of carbonyl (C=O) groups is 1. The van der Waals surface area contributed by atoms with Gasteiger partial charge in [-0.25, -0.2) is 0 Å². The summed E-state index contributed by atoms with van der Waals surface area (Å²) in [6.45, 7) is 1.96. The summed E-state index contributed by atoms with van der Waals surface area (Å²) in [6, 6.07) is 8.07. The molecule has 2 rings (SSSR count). The molecule has 74 valence electrons. The van der Waals surface area contributed by atoms with Gasteiger partial charge in [-0.3, -0.25) is 4.79 Å². The van der Waals surface area contributed by atoms with Gasteiger partial charge >= 0.3 is 0 Å². The van der Waals surface area contributed by atoms with Gasteiger partial charge in [0.2, 0.25) is 0 Å². The van der Waals surface area contributed by atoms with E-state index in [9.17, 15) is 4.79 Å². The number of aryl methyl sites for hydroxylation is 1. The molecule has 2 unspecified atom stereocenters. The largest absolute Gasteiger partial charge is 0.348 e. The fourth-order valence-electron chi connectivity index (χ4n) is 1.39. The summed E-state index contributed by atoms with van der Waals surface area (Å²) < 4.78 is 0.626. The molecule has 2 nitrogen and oxygen atoms in total. The van der Waals surface area contributed by atoms with Crippen molar-refractivity contribution in [1.82, 2.24) is 5.32 Å². The predicted octanol–water partition coefficient (Wildman–Crippen LogP) is 2.30. The first kappa shape index (κ1) is 9.96. The Bertz CT molecular complexity index is 364. The van der Waals surface area contributed by atoms with Crippen LogP contribution >= 0.6 is 22.6 Å². The first-order chi connectivity index (χ1) is 6.68. The molecule has 1 aliphatic rings. The SMILES string of the molecule is Cc1ccccc1C(=O)NC1CC1I. The Morgan fingerprint density at radius 2 is 2.14 bits per heavy atom. The molecule has 1 aliphatic carbocycles. The van der Waals surface area contributed by atoms with Gasteiger partial charge in [-0.2, -0.15) is 0 Å². The highest BCUT2D eigenvalue weighted by atomic mass is 127. The van der Waals surface area contributed by atoms with Crippen LogP contribution in [0.5, 0.6) is 0 Å². The fourth-order valence-corrected chi connectivity index (χ4v) is 2.11. The van der Waals surface area contributed by atoms with E-state index in [4.69, 9.17) is 0 Å². The Kier molecular flexibility index (Phi) is 2.76. The van der Waals surface area contributed by atoms with Crippen LogP contribution in [0.3, 0.4) is 0 Å². The van der Waals surface area contributed by atoms with Crippen molar-refractivity contribution in [2.45, 2.75) is 23.3 Å². The van der Waals surface area contributed by atoms with Gasteiger partial charge < -0.3 is 5.32 Å². The summed E-state index contributed by atoms with van der Waals surface area (Å²) in [6.07, 6.45) is 1.11. The Morgan fingerprint density at radius 1 is 1.50 bits per heavy atom. The lowest BCUT2D eigenvalue weighted by atomic mass is 10.1. The van der Waals surface area contributed by atoms with E-state index in [1.54, 1.807) is 0 Å². The van der Waals surface area contributed by atoms with Crippen LogP contribution in [0.25, 0.3) is 0 Å². The van der Waals surface area contributed by atoms with E-state index in [-0.39, 0.29) is 5.91 Å². The smallest absolute Gasteiger partial charge is 0.251 e. The Labute approximate surface area is 97.2 Å². The van der Waals surface area contributed by atoms with Gasteiger partial charge in [-0.05, 0) is 25.0 Å². The number of hydrogen-bond donors (Lipinski definition) is 1. The second-order valence-corrected chi connectivity index (χ2v) is 5.25. The van der Waals surface area contributed by atoms with Crippen molar-refractivity contribution in [2.75, 3.05) is 0 Å². The van der Waals surface area contributed by atoms with E-state index in [0.29, 0.717) is 9.97 Å². The monoisotopic (exact) mass is 301 g/mol. The van der Waals surface area contributed by atoms with Crippen LogP contribution in [0.2, 0.25) is 0 Å². The van der Waals surface area contributed by atoms with E-state index >= 15 is 0 Å². The third-order valence-corrected chi connectivity index (χ3v) is 3.80. The standard InChI is InChI=1S/C11H12INO/c1-7-4-2-3-5-8(7)11(14)13-10-6-9(10)12/h2-5,9-10H,6H2,1H3,(H,13,14). The van der Waals surface area contributed by atoms with E-state index in [2.05, 4.69) is 27.9 Å². The maximum atomic E-state index is 11.7. The molecule has 1 saturated carbocycles. The van der Waals surface area contributed by atoms with Gasteiger partial charge in [0.05, 0.1) is 0 Å². The van der Waals surface area contributed by atoms with Gasteiger partial charge in [-0.1, -0.05) is 40.8 Å². The van der Waals surface area contributed by atoms with Gasteiger partial charge in [0, 0.05) is 15.5 Å². The Morgan fingerprint density at radius 3 is 2.71 bits per heavy atom. The summed E-state index contributed by atoms with van der Waals surface area (Å²) in [4.78, 5) is 11.7. The van der Waals surface area contributed by atoms with Crippen molar-refractivity contribution in [3.63, 3.8) is 0 Å². The second-order valence-electron chi connectivity index (χ2n) is 3.65. The molecule has 1 N–H and O–H groups in total. The molecular weight excluding hydrogens is 289 g/mol. The van der Waals surface area contributed by atoms with Gasteiger partial charge in [0.25, 0.3) is 5.91 Å². The van der Waals surface area contributed by atoms with Crippen molar-refractivity contribution < 1.29 is 4.79 Å².